The highest BCUT2D eigenvalue weighted by Crippen LogP contribution is 2.29. The summed E-state index contributed by atoms with van der Waals surface area (Å²) in [5, 5.41) is 12.4. The van der Waals surface area contributed by atoms with Gasteiger partial charge >= 0.3 is 0 Å². The minimum Gasteiger partial charge on any atom is -0.480 e. The molecule has 1 aliphatic heterocycles. The molecule has 154 valence electrons. The number of para-hydroxylation sites is 1. The molecular weight excluding hydrogens is 392 g/mol. The lowest BCUT2D eigenvalue weighted by Crippen LogP contribution is -2.31. The van der Waals surface area contributed by atoms with Gasteiger partial charge in [0, 0.05) is 29.1 Å². The van der Waals surface area contributed by atoms with Gasteiger partial charge in [-0.05, 0) is 43.7 Å². The molecule has 1 N–H and O–H groups in total. The number of aromatic nitrogens is 2. The number of fused-ring (bicyclic) bond motifs is 1. The van der Waals surface area contributed by atoms with E-state index in [1.807, 2.05) is 30.3 Å². The highest BCUT2D eigenvalue weighted by Gasteiger charge is 2.29. The van der Waals surface area contributed by atoms with Crippen LogP contribution in [-0.4, -0.2) is 27.8 Å². The molecule has 3 aromatic rings. The summed E-state index contributed by atoms with van der Waals surface area (Å²) in [4.78, 5) is 34.2. The quantitative estimate of drug-likeness (QED) is 0.643. The first-order chi connectivity index (χ1) is 14.9. The SMILES string of the molecule is Cc1cc(C)nc(C(C#N)C(=O)c2cccc(NC(=O)C3Cc4ccccc4O3)c2)n1. The van der Waals surface area contributed by atoms with E-state index >= 15 is 0 Å². The zero-order chi connectivity index (χ0) is 22.0. The molecule has 2 heterocycles. The number of hydrogen-bond acceptors (Lipinski definition) is 6. The van der Waals surface area contributed by atoms with Gasteiger partial charge in [0.05, 0.1) is 6.07 Å². The number of anilines is 1. The number of carbonyl (C=O) groups is 2. The summed E-state index contributed by atoms with van der Waals surface area (Å²) in [6, 6.07) is 17.8. The molecule has 31 heavy (non-hydrogen) atoms. The van der Waals surface area contributed by atoms with Gasteiger partial charge in [0.1, 0.15) is 5.75 Å². The second-order valence-corrected chi connectivity index (χ2v) is 7.42. The summed E-state index contributed by atoms with van der Waals surface area (Å²) >= 11 is 0. The summed E-state index contributed by atoms with van der Waals surface area (Å²) in [6.45, 7) is 3.58. The third-order valence-corrected chi connectivity index (χ3v) is 5.00. The highest BCUT2D eigenvalue weighted by atomic mass is 16.5. The Labute approximate surface area is 179 Å². The number of aryl methyl sites for hydroxylation is 2. The van der Waals surface area contributed by atoms with Crippen LogP contribution in [0.3, 0.4) is 0 Å². The Kier molecular flexibility index (Phi) is 5.46. The lowest BCUT2D eigenvalue weighted by atomic mass is 9.97. The predicted octanol–water partition coefficient (Wildman–Crippen LogP) is 3.53. The van der Waals surface area contributed by atoms with Crippen LogP contribution in [-0.2, 0) is 11.2 Å². The highest BCUT2D eigenvalue weighted by molar-refractivity contribution is 6.04. The fraction of sp³-hybridized carbons (Fsp3) is 0.208. The zero-order valence-electron chi connectivity index (χ0n) is 17.1. The van der Waals surface area contributed by atoms with Crippen molar-refractivity contribution in [3.8, 4) is 11.8 Å². The van der Waals surface area contributed by atoms with E-state index in [4.69, 9.17) is 4.74 Å². The maximum Gasteiger partial charge on any atom is 0.265 e. The van der Waals surface area contributed by atoms with Gasteiger partial charge in [0.25, 0.3) is 5.91 Å². The van der Waals surface area contributed by atoms with E-state index in [-0.39, 0.29) is 11.7 Å². The molecule has 0 radical (unpaired) electrons. The monoisotopic (exact) mass is 412 g/mol. The van der Waals surface area contributed by atoms with Gasteiger partial charge in [0.15, 0.2) is 23.6 Å². The molecule has 0 saturated heterocycles. The molecule has 2 atom stereocenters. The normalized spacial score (nSPS) is 15.3. The largest absolute Gasteiger partial charge is 0.480 e. The fourth-order valence-corrected chi connectivity index (χ4v) is 3.58. The molecule has 0 saturated carbocycles. The number of Topliss-reactive ketones (excluding diaryl/α,β-unsaturated/α-hetero) is 1. The van der Waals surface area contributed by atoms with Gasteiger partial charge in [-0.3, -0.25) is 9.59 Å². The van der Waals surface area contributed by atoms with Crippen molar-refractivity contribution in [2.75, 3.05) is 5.32 Å². The molecule has 1 amide bonds. The lowest BCUT2D eigenvalue weighted by molar-refractivity contribution is -0.122. The van der Waals surface area contributed by atoms with Crippen LogP contribution in [0.15, 0.2) is 54.6 Å². The Bertz CT molecular complexity index is 1170. The Morgan fingerprint density at radius 1 is 1.10 bits per heavy atom. The van der Waals surface area contributed by atoms with E-state index in [2.05, 4.69) is 15.3 Å². The van der Waals surface area contributed by atoms with Crippen LogP contribution < -0.4 is 10.1 Å². The number of ketones is 1. The molecule has 7 nitrogen and oxygen atoms in total. The van der Waals surface area contributed by atoms with Crippen LogP contribution in [0.4, 0.5) is 5.69 Å². The first-order valence-electron chi connectivity index (χ1n) is 9.86. The number of rotatable bonds is 5. The Morgan fingerprint density at radius 3 is 2.55 bits per heavy atom. The summed E-state index contributed by atoms with van der Waals surface area (Å²) in [7, 11) is 0. The number of amides is 1. The Hall–Kier alpha value is -4.05. The average Bonchev–Trinajstić information content (AvgIpc) is 3.18. The molecule has 1 aromatic heterocycles. The third-order valence-electron chi connectivity index (χ3n) is 5.00. The number of ether oxygens (including phenoxy) is 1. The maximum atomic E-state index is 13.0. The summed E-state index contributed by atoms with van der Waals surface area (Å²) in [5.41, 5.74) is 3.11. The average molecular weight is 412 g/mol. The fourth-order valence-electron chi connectivity index (χ4n) is 3.58. The Morgan fingerprint density at radius 2 is 1.84 bits per heavy atom. The van der Waals surface area contributed by atoms with Crippen LogP contribution >= 0.6 is 0 Å². The molecule has 1 aliphatic rings. The lowest BCUT2D eigenvalue weighted by Gasteiger charge is -2.13. The van der Waals surface area contributed by atoms with Crippen molar-refractivity contribution < 1.29 is 14.3 Å². The molecule has 0 bridgehead atoms. The summed E-state index contributed by atoms with van der Waals surface area (Å²) in [6.07, 6.45) is -0.145. The molecule has 0 aliphatic carbocycles. The topological polar surface area (TPSA) is 105 Å². The smallest absolute Gasteiger partial charge is 0.265 e. The van der Waals surface area contributed by atoms with Gasteiger partial charge in [-0.25, -0.2) is 9.97 Å². The molecule has 2 unspecified atom stereocenters. The number of benzene rings is 2. The molecule has 7 heteroatoms. The van der Waals surface area contributed by atoms with Gasteiger partial charge < -0.3 is 10.1 Å². The first kappa shape index (κ1) is 20.2. The second-order valence-electron chi connectivity index (χ2n) is 7.42. The van der Waals surface area contributed by atoms with Crippen LogP contribution in [0.2, 0.25) is 0 Å². The maximum absolute atomic E-state index is 13.0. The molecule has 4 rings (SSSR count). The zero-order valence-corrected chi connectivity index (χ0v) is 17.1. The number of nitriles is 1. The number of nitrogens with zero attached hydrogens (tertiary/aromatic N) is 3. The van der Waals surface area contributed by atoms with Crippen molar-refractivity contribution in [1.82, 2.24) is 9.97 Å². The van der Waals surface area contributed by atoms with E-state index in [0.29, 0.717) is 34.8 Å². The molecule has 2 aromatic carbocycles. The Balaban J connectivity index is 1.51. The van der Waals surface area contributed by atoms with Crippen molar-refractivity contribution in [3.63, 3.8) is 0 Å². The second kappa shape index (κ2) is 8.36. The van der Waals surface area contributed by atoms with Crippen LogP contribution in [0.5, 0.6) is 5.75 Å². The van der Waals surface area contributed by atoms with E-state index in [1.54, 1.807) is 44.2 Å². The van der Waals surface area contributed by atoms with E-state index in [0.717, 1.165) is 5.56 Å². The van der Waals surface area contributed by atoms with Gasteiger partial charge in [0.2, 0.25) is 0 Å². The number of hydrogen-bond donors (Lipinski definition) is 1. The van der Waals surface area contributed by atoms with Crippen molar-refractivity contribution in [2.24, 2.45) is 0 Å². The number of carbonyl (C=O) groups excluding carboxylic acids is 2. The van der Waals surface area contributed by atoms with Crippen LogP contribution in [0.25, 0.3) is 0 Å². The van der Waals surface area contributed by atoms with Crippen molar-refractivity contribution in [2.45, 2.75) is 32.3 Å². The number of nitrogens with one attached hydrogen (secondary N) is 1. The molecule has 0 spiro atoms. The van der Waals surface area contributed by atoms with Crippen molar-refractivity contribution >= 4 is 17.4 Å². The third kappa shape index (κ3) is 4.28. The summed E-state index contributed by atoms with van der Waals surface area (Å²) in [5.74, 6) is -0.964. The van der Waals surface area contributed by atoms with Crippen LogP contribution in [0, 0.1) is 25.2 Å². The van der Waals surface area contributed by atoms with Gasteiger partial charge in [-0.15, -0.1) is 0 Å². The van der Waals surface area contributed by atoms with E-state index < -0.39 is 17.8 Å². The first-order valence-corrected chi connectivity index (χ1v) is 9.86. The van der Waals surface area contributed by atoms with E-state index in [1.165, 1.54) is 0 Å². The standard InChI is InChI=1S/C24H20N4O3/c1-14-10-15(2)27-23(26-14)19(13-25)22(29)17-7-5-8-18(11-17)28-24(30)21-12-16-6-3-4-9-20(16)31-21/h3-11,19,21H,12H2,1-2H3,(H,28,30). The minimum atomic E-state index is -1.13. The van der Waals surface area contributed by atoms with Crippen LogP contribution in [0.1, 0.15) is 39.1 Å². The van der Waals surface area contributed by atoms with Crippen molar-refractivity contribution in [3.05, 3.63) is 82.9 Å². The molecule has 0 fully saturated rings. The summed E-state index contributed by atoms with van der Waals surface area (Å²) < 4.78 is 5.72. The predicted molar refractivity (Wildman–Crippen MR) is 114 cm³/mol. The van der Waals surface area contributed by atoms with E-state index in [9.17, 15) is 14.9 Å². The van der Waals surface area contributed by atoms with Crippen molar-refractivity contribution in [1.29, 1.82) is 5.26 Å². The van der Waals surface area contributed by atoms with Gasteiger partial charge in [-0.1, -0.05) is 30.3 Å². The minimum absolute atomic E-state index is 0.177. The van der Waals surface area contributed by atoms with Gasteiger partial charge in [-0.2, -0.15) is 5.26 Å². The molecular formula is C24H20N4O3.